The van der Waals surface area contributed by atoms with Crippen LogP contribution in [0, 0.1) is 12.8 Å². The number of nitrogens with zero attached hydrogens (tertiary/aromatic N) is 1. The number of piperidine rings is 1. The Bertz CT molecular complexity index is 806. The summed E-state index contributed by atoms with van der Waals surface area (Å²) in [6.45, 7) is 4.14. The van der Waals surface area contributed by atoms with E-state index in [-0.39, 0.29) is 17.5 Å². The van der Waals surface area contributed by atoms with Crippen LogP contribution in [0.3, 0.4) is 0 Å². The number of hydrogen-bond donors (Lipinski definition) is 1. The Kier molecular flexibility index (Phi) is 5.84. The van der Waals surface area contributed by atoms with E-state index in [4.69, 9.17) is 16.3 Å². The molecule has 0 amide bonds. The molecule has 0 aliphatic carbocycles. The van der Waals surface area contributed by atoms with Crippen molar-refractivity contribution in [2.75, 3.05) is 20.2 Å². The maximum Gasteiger partial charge on any atom is 0.167 e. The number of aryl methyl sites for hydroxylation is 1. The van der Waals surface area contributed by atoms with Gasteiger partial charge in [-0.2, -0.15) is 0 Å². The third kappa shape index (κ3) is 4.19. The van der Waals surface area contributed by atoms with Gasteiger partial charge in [0.15, 0.2) is 5.78 Å². The van der Waals surface area contributed by atoms with Crippen LogP contribution >= 0.6 is 11.6 Å². The van der Waals surface area contributed by atoms with Crippen LogP contribution in [0.2, 0.25) is 5.02 Å². The van der Waals surface area contributed by atoms with Crippen molar-refractivity contribution in [3.05, 3.63) is 58.1 Å². The number of benzene rings is 2. The molecule has 1 fully saturated rings. The van der Waals surface area contributed by atoms with Gasteiger partial charge >= 0.3 is 0 Å². The van der Waals surface area contributed by atoms with Crippen molar-refractivity contribution in [1.82, 2.24) is 4.90 Å². The van der Waals surface area contributed by atoms with Crippen LogP contribution in [-0.2, 0) is 6.54 Å². The Morgan fingerprint density at radius 2 is 2.12 bits per heavy atom. The fraction of sp³-hybridized carbons (Fsp3) is 0.381. The number of rotatable bonds is 5. The average Bonchev–Trinajstić information content (AvgIpc) is 2.63. The number of hydrogen-bond acceptors (Lipinski definition) is 4. The zero-order chi connectivity index (χ0) is 18.7. The smallest absolute Gasteiger partial charge is 0.167 e. The Morgan fingerprint density at radius 3 is 2.85 bits per heavy atom. The molecule has 0 bridgehead atoms. The number of Topliss-reactive ketones (excluding diaryl/α,β-unsaturated/α-hetero) is 1. The van der Waals surface area contributed by atoms with Crippen molar-refractivity contribution < 1.29 is 14.6 Å². The maximum atomic E-state index is 13.0. The van der Waals surface area contributed by atoms with Gasteiger partial charge in [-0.3, -0.25) is 9.69 Å². The van der Waals surface area contributed by atoms with Crippen molar-refractivity contribution in [2.24, 2.45) is 5.92 Å². The Labute approximate surface area is 159 Å². The lowest BCUT2D eigenvalue weighted by atomic mass is 9.88. The van der Waals surface area contributed by atoms with Gasteiger partial charge in [0.05, 0.1) is 7.11 Å². The summed E-state index contributed by atoms with van der Waals surface area (Å²) in [4.78, 5) is 15.2. The van der Waals surface area contributed by atoms with Crippen LogP contribution in [-0.4, -0.2) is 36.0 Å². The predicted octanol–water partition coefficient (Wildman–Crippen LogP) is 4.46. The van der Waals surface area contributed by atoms with Gasteiger partial charge in [-0.05, 0) is 68.3 Å². The summed E-state index contributed by atoms with van der Waals surface area (Å²) in [5.41, 5.74) is 2.50. The van der Waals surface area contributed by atoms with Gasteiger partial charge in [0.2, 0.25) is 0 Å². The number of ether oxygens (including phenoxy) is 1. The molecule has 0 unspecified atom stereocenters. The normalized spacial score (nSPS) is 17.9. The van der Waals surface area contributed by atoms with Gasteiger partial charge in [-0.15, -0.1) is 0 Å². The molecule has 1 heterocycles. The summed E-state index contributed by atoms with van der Waals surface area (Å²) in [6, 6.07) is 10.7. The molecule has 0 radical (unpaired) electrons. The van der Waals surface area contributed by atoms with Gasteiger partial charge in [-0.25, -0.2) is 0 Å². The minimum absolute atomic E-state index is 0.0311. The number of ketones is 1. The quantitative estimate of drug-likeness (QED) is 0.786. The molecule has 2 aromatic rings. The van der Waals surface area contributed by atoms with Crippen LogP contribution in [0.4, 0.5) is 0 Å². The van der Waals surface area contributed by atoms with E-state index in [9.17, 15) is 9.90 Å². The molecule has 4 nitrogen and oxygen atoms in total. The standard InChI is InChI=1S/C21H24ClNO3/c1-14-10-17(22)5-7-19(14)21(25)15-4-3-9-23(12-15)13-16-11-18(26-2)6-8-20(16)24/h5-8,10-11,15,24H,3-4,9,12-13H2,1-2H3/t15-/m0/s1. The van der Waals surface area contributed by atoms with Crippen LogP contribution in [0.15, 0.2) is 36.4 Å². The lowest BCUT2D eigenvalue weighted by Gasteiger charge is -2.32. The van der Waals surface area contributed by atoms with Crippen LogP contribution < -0.4 is 4.74 Å². The Hall–Kier alpha value is -2.04. The second kappa shape index (κ2) is 8.11. The zero-order valence-electron chi connectivity index (χ0n) is 15.2. The molecule has 0 saturated carbocycles. The fourth-order valence-corrected chi connectivity index (χ4v) is 3.82. The van der Waals surface area contributed by atoms with E-state index in [0.717, 1.165) is 41.8 Å². The topological polar surface area (TPSA) is 49.8 Å². The summed E-state index contributed by atoms with van der Waals surface area (Å²) < 4.78 is 5.24. The zero-order valence-corrected chi connectivity index (χ0v) is 15.9. The van der Waals surface area contributed by atoms with E-state index in [2.05, 4.69) is 4.90 Å². The third-order valence-electron chi connectivity index (χ3n) is 5.01. The van der Waals surface area contributed by atoms with Gasteiger partial charge in [-0.1, -0.05) is 11.6 Å². The number of halogens is 1. The van der Waals surface area contributed by atoms with Crippen LogP contribution in [0.1, 0.15) is 34.3 Å². The summed E-state index contributed by atoms with van der Waals surface area (Å²) in [6.07, 6.45) is 1.86. The number of aromatic hydroxyl groups is 1. The highest BCUT2D eigenvalue weighted by Crippen LogP contribution is 2.28. The van der Waals surface area contributed by atoms with E-state index in [1.54, 1.807) is 25.3 Å². The monoisotopic (exact) mass is 373 g/mol. The highest BCUT2D eigenvalue weighted by molar-refractivity contribution is 6.30. The summed E-state index contributed by atoms with van der Waals surface area (Å²) in [5, 5.41) is 10.8. The molecule has 1 saturated heterocycles. The average molecular weight is 374 g/mol. The first-order valence-electron chi connectivity index (χ1n) is 8.86. The fourth-order valence-electron chi connectivity index (χ4n) is 3.59. The highest BCUT2D eigenvalue weighted by Gasteiger charge is 2.27. The molecular weight excluding hydrogens is 350 g/mol. The van der Waals surface area contributed by atoms with Crippen LogP contribution in [0.25, 0.3) is 0 Å². The minimum atomic E-state index is -0.0311. The van der Waals surface area contributed by atoms with E-state index < -0.39 is 0 Å². The number of phenolic OH excluding ortho intramolecular Hbond substituents is 1. The van der Waals surface area contributed by atoms with E-state index >= 15 is 0 Å². The molecule has 1 aliphatic heterocycles. The first kappa shape index (κ1) is 18.7. The third-order valence-corrected chi connectivity index (χ3v) is 5.25. The summed E-state index contributed by atoms with van der Waals surface area (Å²) in [5.74, 6) is 1.13. The van der Waals surface area contributed by atoms with Crippen molar-refractivity contribution in [2.45, 2.75) is 26.3 Å². The molecule has 1 atom stereocenters. The lowest BCUT2D eigenvalue weighted by Crippen LogP contribution is -2.38. The Balaban J connectivity index is 1.72. The molecule has 0 spiro atoms. The second-order valence-corrected chi connectivity index (χ2v) is 7.33. The predicted molar refractivity (Wildman–Crippen MR) is 103 cm³/mol. The minimum Gasteiger partial charge on any atom is -0.508 e. The van der Waals surface area contributed by atoms with Crippen molar-refractivity contribution in [3.63, 3.8) is 0 Å². The van der Waals surface area contributed by atoms with E-state index in [1.807, 2.05) is 25.1 Å². The van der Waals surface area contributed by atoms with Crippen LogP contribution in [0.5, 0.6) is 11.5 Å². The van der Waals surface area contributed by atoms with Gasteiger partial charge < -0.3 is 9.84 Å². The molecule has 5 heteroatoms. The SMILES string of the molecule is COc1ccc(O)c(CN2CCC[C@H](C(=O)c3ccc(Cl)cc3C)C2)c1. The molecule has 0 aromatic heterocycles. The first-order chi connectivity index (χ1) is 12.5. The van der Waals surface area contributed by atoms with Crippen molar-refractivity contribution in [3.8, 4) is 11.5 Å². The van der Waals surface area contributed by atoms with Gasteiger partial charge in [0, 0.05) is 35.2 Å². The lowest BCUT2D eigenvalue weighted by molar-refractivity contribution is 0.0810. The number of likely N-dealkylation sites (tertiary alicyclic amines) is 1. The maximum absolute atomic E-state index is 13.0. The molecule has 26 heavy (non-hydrogen) atoms. The van der Waals surface area contributed by atoms with E-state index in [1.165, 1.54) is 0 Å². The number of phenols is 1. The van der Waals surface area contributed by atoms with Crippen molar-refractivity contribution in [1.29, 1.82) is 0 Å². The highest BCUT2D eigenvalue weighted by atomic mass is 35.5. The second-order valence-electron chi connectivity index (χ2n) is 6.89. The van der Waals surface area contributed by atoms with Gasteiger partial charge in [0.25, 0.3) is 0 Å². The van der Waals surface area contributed by atoms with Gasteiger partial charge in [0.1, 0.15) is 11.5 Å². The summed E-state index contributed by atoms with van der Waals surface area (Å²) in [7, 11) is 1.61. The largest absolute Gasteiger partial charge is 0.508 e. The number of methoxy groups -OCH3 is 1. The van der Waals surface area contributed by atoms with E-state index in [0.29, 0.717) is 18.1 Å². The Morgan fingerprint density at radius 1 is 1.31 bits per heavy atom. The summed E-state index contributed by atoms with van der Waals surface area (Å²) >= 11 is 6.01. The molecule has 1 aliphatic rings. The molecular formula is C21H24ClNO3. The molecule has 138 valence electrons. The molecule has 3 rings (SSSR count). The molecule has 1 N–H and O–H groups in total. The van der Waals surface area contributed by atoms with Crippen molar-refractivity contribution >= 4 is 17.4 Å². The number of carbonyl (C=O) groups is 1. The first-order valence-corrected chi connectivity index (χ1v) is 9.24. The molecule has 2 aromatic carbocycles. The number of carbonyl (C=O) groups excluding carboxylic acids is 1.